The predicted octanol–water partition coefficient (Wildman–Crippen LogP) is -0.184. The molecule has 0 saturated heterocycles. The van der Waals surface area contributed by atoms with Gasteiger partial charge < -0.3 is 4.74 Å². The van der Waals surface area contributed by atoms with E-state index in [-0.39, 0.29) is 6.23 Å². The highest BCUT2D eigenvalue weighted by atomic mass is 16.5. The van der Waals surface area contributed by atoms with Crippen LogP contribution in [0.25, 0.3) is 0 Å². The summed E-state index contributed by atoms with van der Waals surface area (Å²) in [4.78, 5) is 0. The molecule has 0 aromatic rings. The van der Waals surface area contributed by atoms with Crippen LogP contribution in [0.2, 0.25) is 0 Å². The molecule has 1 N–H and O–H groups in total. The third-order valence-corrected chi connectivity index (χ3v) is 0.972. The predicted molar refractivity (Wildman–Crippen MR) is 24.6 cm³/mol. The first-order chi connectivity index (χ1) is 3.45. The van der Waals surface area contributed by atoms with Gasteiger partial charge in [0, 0.05) is 6.08 Å². The molecule has 0 spiro atoms. The number of ether oxygens (including phenoxy) is 1. The molecule has 3 heterocycles. The molecule has 3 rings (SSSR count). The molecule has 3 aliphatic rings. The van der Waals surface area contributed by atoms with Gasteiger partial charge in [0.25, 0.3) is 0 Å². The molecule has 3 heteroatoms. The Morgan fingerprint density at radius 2 is 2.71 bits per heavy atom. The second kappa shape index (κ2) is 0.804. The van der Waals surface area contributed by atoms with Crippen LogP contribution in [0, 0.1) is 0 Å². The molecule has 0 saturated carbocycles. The van der Waals surface area contributed by atoms with Crippen LogP contribution >= 0.6 is 0 Å². The van der Waals surface area contributed by atoms with Gasteiger partial charge in [-0.05, 0) is 0 Å². The minimum absolute atomic E-state index is 0.0694. The second-order valence-corrected chi connectivity index (χ2v) is 1.49. The Morgan fingerprint density at radius 1 is 1.86 bits per heavy atom. The average Bonchev–Trinajstić information content (AvgIpc) is 1.67. The first-order valence-corrected chi connectivity index (χ1v) is 2.12. The summed E-state index contributed by atoms with van der Waals surface area (Å²) >= 11 is 0. The van der Waals surface area contributed by atoms with Crippen molar-refractivity contribution in [2.75, 3.05) is 0 Å². The third kappa shape index (κ3) is 0.268. The molecule has 3 aliphatic heterocycles. The van der Waals surface area contributed by atoms with Gasteiger partial charge in [0.1, 0.15) is 5.76 Å². The number of nitrogens with zero attached hydrogens (tertiary/aromatic N) is 1. The van der Waals surface area contributed by atoms with Crippen molar-refractivity contribution in [2.24, 2.45) is 5.10 Å². The highest BCUT2D eigenvalue weighted by Gasteiger charge is 2.20. The maximum absolute atomic E-state index is 4.98. The number of hydrogen-bond acceptors (Lipinski definition) is 3. The molecule has 0 radical (unpaired) electrons. The Hall–Kier alpha value is -0.990. The summed E-state index contributed by atoms with van der Waals surface area (Å²) in [6.45, 7) is 0. The molecular weight excluding hydrogens is 92.1 g/mol. The summed E-state index contributed by atoms with van der Waals surface area (Å²) in [5.41, 5.74) is 2.72. The lowest BCUT2D eigenvalue weighted by Gasteiger charge is -2.27. The first kappa shape index (κ1) is 3.07. The molecule has 3 nitrogen and oxygen atoms in total. The van der Waals surface area contributed by atoms with E-state index in [1.165, 1.54) is 0 Å². The molecule has 0 amide bonds. The molecule has 0 aromatic heterocycles. The van der Waals surface area contributed by atoms with Crippen molar-refractivity contribution in [3.63, 3.8) is 0 Å². The van der Waals surface area contributed by atoms with E-state index in [1.54, 1.807) is 6.21 Å². The summed E-state index contributed by atoms with van der Waals surface area (Å²) in [6, 6.07) is 0. The Morgan fingerprint density at radius 3 is 2.86 bits per heavy atom. The quantitative estimate of drug-likeness (QED) is 0.453. The van der Waals surface area contributed by atoms with Crippen molar-refractivity contribution in [2.45, 2.75) is 6.23 Å². The van der Waals surface area contributed by atoms with Crippen LogP contribution in [-0.2, 0) is 4.74 Å². The number of nitrogens with one attached hydrogen (secondary N) is 1. The highest BCUT2D eigenvalue weighted by molar-refractivity contribution is 5.78. The van der Waals surface area contributed by atoms with Gasteiger partial charge in [0.15, 0.2) is 0 Å². The molecule has 0 aliphatic carbocycles. The zero-order valence-corrected chi connectivity index (χ0v) is 3.59. The fourth-order valence-corrected chi connectivity index (χ4v) is 0.608. The Balaban J connectivity index is 2.36. The average molecular weight is 96.1 g/mol. The van der Waals surface area contributed by atoms with Crippen molar-refractivity contribution in [3.8, 4) is 0 Å². The Bertz CT molecular complexity index is 148. The van der Waals surface area contributed by atoms with E-state index < -0.39 is 0 Å². The summed E-state index contributed by atoms with van der Waals surface area (Å²) in [5.74, 6) is 0.878. The number of hydrazone groups is 1. The monoisotopic (exact) mass is 96.0 g/mol. The van der Waals surface area contributed by atoms with Gasteiger partial charge in [-0.2, -0.15) is 5.10 Å². The minimum Gasteiger partial charge on any atom is -0.464 e. The molecule has 0 aromatic carbocycles. The van der Waals surface area contributed by atoms with Gasteiger partial charge in [-0.1, -0.05) is 0 Å². The smallest absolute Gasteiger partial charge is 0.207 e. The lowest BCUT2D eigenvalue weighted by atomic mass is 10.3. The van der Waals surface area contributed by atoms with E-state index in [0.29, 0.717) is 0 Å². The second-order valence-electron chi connectivity index (χ2n) is 1.49. The van der Waals surface area contributed by atoms with Gasteiger partial charge in [-0.15, -0.1) is 0 Å². The van der Waals surface area contributed by atoms with Crippen molar-refractivity contribution < 1.29 is 4.74 Å². The van der Waals surface area contributed by atoms with Crippen molar-refractivity contribution in [3.05, 3.63) is 11.8 Å². The number of rotatable bonds is 0. The lowest BCUT2D eigenvalue weighted by molar-refractivity contribution is 0.0849. The van der Waals surface area contributed by atoms with Crippen LogP contribution < -0.4 is 5.43 Å². The minimum atomic E-state index is 0.0694. The van der Waals surface area contributed by atoms with Crippen LogP contribution in [0.15, 0.2) is 16.9 Å². The van der Waals surface area contributed by atoms with E-state index in [0.717, 1.165) is 5.76 Å². The van der Waals surface area contributed by atoms with Gasteiger partial charge in [0.2, 0.25) is 6.23 Å². The maximum Gasteiger partial charge on any atom is 0.207 e. The summed E-state index contributed by atoms with van der Waals surface area (Å²) in [6.07, 6.45) is 3.69. The van der Waals surface area contributed by atoms with E-state index in [9.17, 15) is 0 Å². The van der Waals surface area contributed by atoms with Crippen LogP contribution in [0.4, 0.5) is 0 Å². The molecule has 7 heavy (non-hydrogen) atoms. The van der Waals surface area contributed by atoms with Crippen molar-refractivity contribution in [1.82, 2.24) is 5.43 Å². The van der Waals surface area contributed by atoms with Gasteiger partial charge >= 0.3 is 0 Å². The molecule has 1 atom stereocenters. The number of fused-ring (bicyclic) bond motifs is 1. The fraction of sp³-hybridized carbons (Fsp3) is 0.250. The molecule has 0 fully saturated rings. The van der Waals surface area contributed by atoms with Gasteiger partial charge in [-0.25, -0.2) is 0 Å². The Labute approximate surface area is 40.7 Å². The summed E-state index contributed by atoms with van der Waals surface area (Å²) in [5, 5.41) is 3.74. The number of hydrogen-bond donors (Lipinski definition) is 1. The van der Waals surface area contributed by atoms with E-state index in [4.69, 9.17) is 4.74 Å². The van der Waals surface area contributed by atoms with Crippen molar-refractivity contribution in [1.29, 1.82) is 0 Å². The van der Waals surface area contributed by atoms with Crippen LogP contribution in [0.1, 0.15) is 0 Å². The lowest BCUT2D eigenvalue weighted by Crippen LogP contribution is -2.37. The molecule has 2 bridgehead atoms. The first-order valence-electron chi connectivity index (χ1n) is 2.12. The Kier molecular flexibility index (Phi) is 0.353. The SMILES string of the molecule is C1=NNC2C=C1O2. The van der Waals surface area contributed by atoms with Gasteiger partial charge in [-0.3, -0.25) is 5.43 Å². The van der Waals surface area contributed by atoms with Crippen molar-refractivity contribution >= 4 is 6.21 Å². The van der Waals surface area contributed by atoms with Crippen LogP contribution in [0.3, 0.4) is 0 Å². The van der Waals surface area contributed by atoms with E-state index >= 15 is 0 Å². The molecule has 36 valence electrons. The zero-order chi connectivity index (χ0) is 4.69. The van der Waals surface area contributed by atoms with Crippen LogP contribution in [0.5, 0.6) is 0 Å². The van der Waals surface area contributed by atoms with Crippen LogP contribution in [-0.4, -0.2) is 12.4 Å². The molecular formula is C4H4N2O. The maximum atomic E-state index is 4.98. The topological polar surface area (TPSA) is 33.6 Å². The summed E-state index contributed by atoms with van der Waals surface area (Å²) in [7, 11) is 0. The largest absolute Gasteiger partial charge is 0.464 e. The molecule has 1 unspecified atom stereocenters. The summed E-state index contributed by atoms with van der Waals surface area (Å²) < 4.78 is 4.98. The fourth-order valence-electron chi connectivity index (χ4n) is 0.608. The standard InChI is InChI=1S/C4H4N2O/c1-3-2-5-6-4(1)7-3/h1-2,4,6H. The third-order valence-electron chi connectivity index (χ3n) is 0.972. The number of allylic oxidation sites excluding steroid dienone is 1. The van der Waals surface area contributed by atoms with E-state index in [1.807, 2.05) is 6.08 Å². The van der Waals surface area contributed by atoms with E-state index in [2.05, 4.69) is 10.5 Å². The van der Waals surface area contributed by atoms with Gasteiger partial charge in [0.05, 0.1) is 6.21 Å². The zero-order valence-electron chi connectivity index (χ0n) is 3.59. The normalized spacial score (nSPS) is 32.0. The highest BCUT2D eigenvalue weighted by Crippen LogP contribution is 2.15.